The number of pyridine rings is 1. The predicted molar refractivity (Wildman–Crippen MR) is 93.1 cm³/mol. The van der Waals surface area contributed by atoms with Crippen LogP contribution in [0.5, 0.6) is 0 Å². The van der Waals surface area contributed by atoms with Gasteiger partial charge in [0.05, 0.1) is 23.0 Å². The van der Waals surface area contributed by atoms with Gasteiger partial charge in [0.25, 0.3) is 0 Å². The lowest BCUT2D eigenvalue weighted by Crippen LogP contribution is -2.33. The van der Waals surface area contributed by atoms with Gasteiger partial charge in [0, 0.05) is 11.8 Å². The van der Waals surface area contributed by atoms with E-state index in [2.05, 4.69) is 9.97 Å². The van der Waals surface area contributed by atoms with Crippen molar-refractivity contribution in [1.29, 1.82) is 0 Å². The highest BCUT2D eigenvalue weighted by molar-refractivity contribution is 5.86. The minimum absolute atomic E-state index is 0.370. The molecule has 0 saturated carbocycles. The summed E-state index contributed by atoms with van der Waals surface area (Å²) >= 11 is 0. The van der Waals surface area contributed by atoms with Crippen molar-refractivity contribution in [3.8, 4) is 0 Å². The lowest BCUT2D eigenvalue weighted by atomic mass is 10.1. The van der Waals surface area contributed by atoms with Crippen LogP contribution in [0.4, 0.5) is 5.82 Å². The third-order valence-electron chi connectivity index (χ3n) is 3.60. The third-order valence-corrected chi connectivity index (χ3v) is 3.60. The fourth-order valence-electron chi connectivity index (χ4n) is 2.68. The summed E-state index contributed by atoms with van der Waals surface area (Å²) in [5.41, 5.74) is 6.77. The number of aromatic nitrogens is 3. The lowest BCUT2D eigenvalue weighted by Gasteiger charge is -2.20. The monoisotopic (exact) mass is 318 g/mol. The van der Waals surface area contributed by atoms with Gasteiger partial charge in [-0.2, -0.15) is 0 Å². The Morgan fingerprint density at radius 3 is 2.48 bits per heavy atom. The van der Waals surface area contributed by atoms with Crippen LogP contribution in [0, 0.1) is 0 Å². The molecule has 126 valence electrons. The maximum absolute atomic E-state index is 10.3. The summed E-state index contributed by atoms with van der Waals surface area (Å²) in [5.74, 6) is 1.14. The molecular weight excluding hydrogens is 292 g/mol. The molecule has 3 N–H and O–H groups in total. The summed E-state index contributed by atoms with van der Waals surface area (Å²) in [6.45, 7) is 10.7. The topological polar surface area (TPSA) is 86.2 Å². The van der Waals surface area contributed by atoms with Gasteiger partial charge in [0.15, 0.2) is 5.82 Å². The summed E-state index contributed by atoms with van der Waals surface area (Å²) in [4.78, 5) is 9.06. The molecule has 0 aliphatic carbocycles. The summed E-state index contributed by atoms with van der Waals surface area (Å²) < 4.78 is 7.52. The molecule has 0 bridgehead atoms. The molecule has 23 heavy (non-hydrogen) atoms. The van der Waals surface area contributed by atoms with Crippen LogP contribution in [-0.2, 0) is 17.9 Å². The Hall–Kier alpha value is -1.92. The van der Waals surface area contributed by atoms with Gasteiger partial charge in [-0.1, -0.05) is 12.2 Å². The van der Waals surface area contributed by atoms with Crippen molar-refractivity contribution >= 4 is 29.0 Å². The second-order valence-corrected chi connectivity index (χ2v) is 6.13. The summed E-state index contributed by atoms with van der Waals surface area (Å²) in [5, 5.41) is 12.1. The Kier molecular flexibility index (Phi) is 5.06. The van der Waals surface area contributed by atoms with Gasteiger partial charge in [0.1, 0.15) is 17.9 Å². The maximum Gasteiger partial charge on any atom is 0.152 e. The smallest absolute Gasteiger partial charge is 0.152 e. The van der Waals surface area contributed by atoms with Crippen molar-refractivity contribution in [2.45, 2.75) is 53.4 Å². The first kappa shape index (κ1) is 17.4. The van der Waals surface area contributed by atoms with Crippen LogP contribution in [0.15, 0.2) is 0 Å². The van der Waals surface area contributed by atoms with Gasteiger partial charge in [-0.15, -0.1) is 0 Å². The molecule has 0 saturated heterocycles. The van der Waals surface area contributed by atoms with Crippen LogP contribution in [0.2, 0.25) is 0 Å². The predicted octanol–water partition coefficient (Wildman–Crippen LogP) is 0.922. The highest BCUT2D eigenvalue weighted by atomic mass is 16.5. The number of rotatable bonds is 5. The molecule has 6 heteroatoms. The molecule has 2 rings (SSSR count). The Morgan fingerprint density at radius 1 is 1.26 bits per heavy atom. The Bertz CT molecular complexity index is 816. The van der Waals surface area contributed by atoms with Crippen LogP contribution in [-0.4, -0.2) is 31.8 Å². The quantitative estimate of drug-likeness (QED) is 0.856. The van der Waals surface area contributed by atoms with Crippen LogP contribution in [0.25, 0.3) is 23.2 Å². The van der Waals surface area contributed by atoms with Crippen molar-refractivity contribution in [1.82, 2.24) is 14.5 Å². The molecular formula is C17H26N4O2. The maximum atomic E-state index is 10.3. The van der Waals surface area contributed by atoms with Gasteiger partial charge in [-0.3, -0.25) is 0 Å². The van der Waals surface area contributed by atoms with Gasteiger partial charge < -0.3 is 20.1 Å². The Labute approximate surface area is 136 Å². The van der Waals surface area contributed by atoms with Crippen LogP contribution >= 0.6 is 0 Å². The van der Waals surface area contributed by atoms with E-state index in [4.69, 9.17) is 10.5 Å². The molecule has 2 aromatic rings. The van der Waals surface area contributed by atoms with Gasteiger partial charge in [0.2, 0.25) is 0 Å². The molecule has 0 aliphatic rings. The largest absolute Gasteiger partial charge is 0.389 e. The summed E-state index contributed by atoms with van der Waals surface area (Å²) in [6, 6.07) is 0. The van der Waals surface area contributed by atoms with Crippen molar-refractivity contribution in [3.63, 3.8) is 0 Å². The van der Waals surface area contributed by atoms with Crippen LogP contribution in [0.3, 0.4) is 0 Å². The number of nitrogens with zero attached hydrogens (tertiary/aromatic N) is 3. The fourth-order valence-corrected chi connectivity index (χ4v) is 2.68. The molecule has 0 aromatic carbocycles. The first-order chi connectivity index (χ1) is 10.8. The highest BCUT2D eigenvalue weighted by Gasteiger charge is 2.21. The van der Waals surface area contributed by atoms with Crippen molar-refractivity contribution in [3.05, 3.63) is 16.4 Å². The zero-order valence-corrected chi connectivity index (χ0v) is 14.6. The van der Waals surface area contributed by atoms with Gasteiger partial charge in [-0.25, -0.2) is 9.97 Å². The molecule has 0 amide bonds. The van der Waals surface area contributed by atoms with E-state index in [1.54, 1.807) is 13.8 Å². The number of anilines is 1. The normalized spacial score (nSPS) is 14.2. The number of imidazole rings is 1. The highest BCUT2D eigenvalue weighted by Crippen LogP contribution is 2.20. The Balaban J connectivity index is 2.87. The molecule has 0 fully saturated rings. The van der Waals surface area contributed by atoms with Gasteiger partial charge in [-0.05, 0) is 34.6 Å². The van der Waals surface area contributed by atoms with Gasteiger partial charge >= 0.3 is 0 Å². The molecule has 2 aromatic heterocycles. The molecule has 0 unspecified atom stereocenters. The lowest BCUT2D eigenvalue weighted by molar-refractivity contribution is 0.0581. The molecule has 0 spiro atoms. The number of fused-ring (bicyclic) bond motifs is 1. The van der Waals surface area contributed by atoms with E-state index >= 15 is 0 Å². The number of hydrogen-bond donors (Lipinski definition) is 2. The van der Waals surface area contributed by atoms with E-state index in [-0.39, 0.29) is 0 Å². The van der Waals surface area contributed by atoms with E-state index in [1.807, 2.05) is 37.5 Å². The first-order valence-electron chi connectivity index (χ1n) is 7.89. The second-order valence-electron chi connectivity index (χ2n) is 6.13. The average molecular weight is 318 g/mol. The summed E-state index contributed by atoms with van der Waals surface area (Å²) in [6.07, 6.45) is 3.92. The average Bonchev–Trinajstić information content (AvgIpc) is 2.82. The number of aliphatic hydroxyl groups is 1. The SMILES string of the molecule is C/C=c1\c(=C/C)nc(N)c2nc(COCC)n(CC(C)(C)O)c12. The number of hydrogen-bond acceptors (Lipinski definition) is 5. The summed E-state index contributed by atoms with van der Waals surface area (Å²) in [7, 11) is 0. The molecule has 2 heterocycles. The standard InChI is InChI=1S/C17H26N4O2/c1-6-11-12(7-2)19-16(18)14-15(11)21(10-17(4,5)22)13(20-14)9-23-8-3/h6-7,22H,8-10H2,1-5H3,(H2,18,19)/b11-6+,12-7+. The van der Waals surface area contributed by atoms with Crippen molar-refractivity contribution in [2.75, 3.05) is 12.3 Å². The Morgan fingerprint density at radius 2 is 1.96 bits per heavy atom. The zero-order valence-electron chi connectivity index (χ0n) is 14.6. The number of nitrogens with two attached hydrogens (primary N) is 1. The fraction of sp³-hybridized carbons (Fsp3) is 0.529. The van der Waals surface area contributed by atoms with E-state index in [9.17, 15) is 5.11 Å². The number of ether oxygens (including phenoxy) is 1. The minimum atomic E-state index is -0.881. The molecule has 0 aliphatic heterocycles. The van der Waals surface area contributed by atoms with Crippen molar-refractivity contribution in [2.24, 2.45) is 0 Å². The minimum Gasteiger partial charge on any atom is -0.389 e. The molecule has 6 nitrogen and oxygen atoms in total. The first-order valence-corrected chi connectivity index (χ1v) is 7.89. The second kappa shape index (κ2) is 6.68. The van der Waals surface area contributed by atoms with E-state index < -0.39 is 5.60 Å². The van der Waals surface area contributed by atoms with Crippen molar-refractivity contribution < 1.29 is 9.84 Å². The van der Waals surface area contributed by atoms with E-state index in [0.29, 0.717) is 31.1 Å². The van der Waals surface area contributed by atoms with Crippen LogP contribution in [0.1, 0.15) is 40.4 Å². The van der Waals surface area contributed by atoms with E-state index in [0.717, 1.165) is 21.9 Å². The van der Waals surface area contributed by atoms with Crippen LogP contribution < -0.4 is 16.3 Å². The number of nitrogen functional groups attached to an aromatic ring is 1. The third kappa shape index (κ3) is 3.54. The van der Waals surface area contributed by atoms with E-state index in [1.165, 1.54) is 0 Å². The zero-order chi connectivity index (χ0) is 17.2. The molecule has 0 atom stereocenters. The molecule has 0 radical (unpaired) electrons.